The van der Waals surface area contributed by atoms with Gasteiger partial charge in [-0.1, -0.05) is 0 Å². The van der Waals surface area contributed by atoms with E-state index in [-0.39, 0.29) is 5.78 Å². The van der Waals surface area contributed by atoms with Crippen LogP contribution in [0.4, 0.5) is 0 Å². The van der Waals surface area contributed by atoms with Crippen molar-refractivity contribution in [1.29, 1.82) is 0 Å². The molecular weight excluding hydrogens is 494 g/mol. The minimum atomic E-state index is -1.32. The van der Waals surface area contributed by atoms with Crippen LogP contribution in [0.5, 0.6) is 0 Å². The van der Waals surface area contributed by atoms with E-state index in [1.807, 2.05) is 0 Å². The van der Waals surface area contributed by atoms with Gasteiger partial charge in [-0.05, 0) is 41.5 Å². The molecule has 0 amide bonds. The molecule has 3 N–H and O–H groups in total. The number of ketones is 1. The number of rotatable bonds is 1. The van der Waals surface area contributed by atoms with Gasteiger partial charge < -0.3 is 24.8 Å². The van der Waals surface area contributed by atoms with Gasteiger partial charge in [0.25, 0.3) is 0 Å². The van der Waals surface area contributed by atoms with Crippen LogP contribution >= 0.6 is 37.2 Å². The first-order chi connectivity index (χ1) is 8.90. The molecular formula is C12H24I2O6. The van der Waals surface area contributed by atoms with Gasteiger partial charge in [-0.25, -0.2) is 0 Å². The van der Waals surface area contributed by atoms with Crippen LogP contribution in [-0.4, -0.2) is 51.0 Å². The van der Waals surface area contributed by atoms with E-state index in [0.717, 1.165) is 0 Å². The molecule has 20 heavy (non-hydrogen) atoms. The molecule has 0 aromatic rings. The van der Waals surface area contributed by atoms with E-state index in [1.165, 1.54) is 27.7 Å². The van der Waals surface area contributed by atoms with Gasteiger partial charge in [0, 0.05) is 37.2 Å². The number of carbonyl (C=O) groups is 1. The van der Waals surface area contributed by atoms with E-state index >= 15 is 0 Å². The van der Waals surface area contributed by atoms with Crippen LogP contribution in [0.1, 0.15) is 41.5 Å². The number of hydrogen-bond donors (Lipinski definition) is 3. The molecule has 1 fully saturated rings. The van der Waals surface area contributed by atoms with Crippen LogP contribution in [-0.2, 0) is 14.3 Å². The maximum absolute atomic E-state index is 9.89. The Morgan fingerprint density at radius 3 is 1.45 bits per heavy atom. The van der Waals surface area contributed by atoms with Crippen LogP contribution in [0, 0.1) is 0 Å². The quantitative estimate of drug-likeness (QED) is 0.460. The van der Waals surface area contributed by atoms with Gasteiger partial charge in [0.2, 0.25) is 0 Å². The van der Waals surface area contributed by atoms with E-state index in [9.17, 15) is 15.0 Å². The average molecular weight is 518 g/mol. The fourth-order valence-corrected chi connectivity index (χ4v) is 1.13. The first-order valence-corrected chi connectivity index (χ1v) is 12.3. The van der Waals surface area contributed by atoms with E-state index in [0.29, 0.717) is 0 Å². The molecule has 0 saturated carbocycles. The highest BCUT2D eigenvalue weighted by atomic mass is 128. The summed E-state index contributed by atoms with van der Waals surface area (Å²) in [5.41, 5.74) is 0. The van der Waals surface area contributed by atoms with Crippen molar-refractivity contribution in [2.24, 2.45) is 0 Å². The van der Waals surface area contributed by atoms with Crippen molar-refractivity contribution < 1.29 is 29.6 Å². The molecule has 0 spiro atoms. The summed E-state index contributed by atoms with van der Waals surface area (Å²) in [6.07, 6.45) is -1.86. The number of aliphatic hydroxyl groups is 3. The molecule has 6 nitrogen and oxygen atoms in total. The zero-order chi connectivity index (χ0) is 16.7. The lowest BCUT2D eigenvalue weighted by Gasteiger charge is -2.46. The summed E-state index contributed by atoms with van der Waals surface area (Å²) in [6, 6.07) is 0. The second kappa shape index (κ2) is 9.85. The van der Waals surface area contributed by atoms with Crippen LogP contribution < -0.4 is 0 Å². The maximum Gasteiger partial charge on any atom is 0.189 e. The van der Waals surface area contributed by atoms with Crippen molar-refractivity contribution in [3.8, 4) is 0 Å². The molecule has 0 aliphatic carbocycles. The monoisotopic (exact) mass is 518 g/mol. The largest absolute Gasteiger partial charge is 0.386 e. The van der Waals surface area contributed by atoms with E-state index in [2.05, 4.69) is 37.2 Å². The highest BCUT2D eigenvalue weighted by Gasteiger charge is 2.47. The van der Waals surface area contributed by atoms with Crippen molar-refractivity contribution in [3.63, 3.8) is 0 Å². The van der Waals surface area contributed by atoms with Crippen LogP contribution in [0.25, 0.3) is 0 Å². The van der Waals surface area contributed by atoms with Crippen molar-refractivity contribution in [2.45, 2.75) is 71.4 Å². The lowest BCUT2D eigenvalue weighted by atomic mass is 10.1. The summed E-state index contributed by atoms with van der Waals surface area (Å²) in [4.78, 5) is 9.89. The van der Waals surface area contributed by atoms with E-state index in [4.69, 9.17) is 14.6 Å². The molecule has 1 aliphatic rings. The molecule has 0 aromatic heterocycles. The number of carbonyl (C=O) groups excluding carboxylic acids is 1. The maximum atomic E-state index is 9.89. The van der Waals surface area contributed by atoms with Gasteiger partial charge in [0.1, 0.15) is 18.3 Å². The zero-order valence-electron chi connectivity index (χ0n) is 12.6. The molecule has 5 atom stereocenters. The van der Waals surface area contributed by atoms with Crippen LogP contribution in [0.2, 0.25) is 0 Å². The highest BCUT2D eigenvalue weighted by Crippen LogP contribution is 2.31. The number of Topliss-reactive ketones (excluding diaryl/α,β-unsaturated/α-hetero) is 1. The Balaban J connectivity index is 0. The predicted molar refractivity (Wildman–Crippen MR) is 92.7 cm³/mol. The Kier molecular flexibility index (Phi) is 11.4. The fraction of sp³-hybridized carbons (Fsp3) is 0.917. The van der Waals surface area contributed by atoms with Crippen molar-refractivity contribution in [3.05, 3.63) is 0 Å². The van der Waals surface area contributed by atoms with Gasteiger partial charge in [-0.2, -0.15) is 0 Å². The van der Waals surface area contributed by atoms with E-state index in [1.54, 1.807) is 13.8 Å². The third kappa shape index (κ3) is 8.39. The molecule has 0 aromatic carbocycles. The summed E-state index contributed by atoms with van der Waals surface area (Å²) in [7, 11) is 0. The first kappa shape index (κ1) is 23.2. The second-order valence-electron chi connectivity index (χ2n) is 4.92. The number of ether oxygens (including phenoxy) is 2. The number of aliphatic hydroxyl groups excluding tert-OH is 1. The molecule has 122 valence electrons. The lowest BCUT2D eigenvalue weighted by molar-refractivity contribution is -0.406. The minimum Gasteiger partial charge on any atom is -0.386 e. The normalized spacial score (nSPS) is 37.8. The molecule has 0 radical (unpaired) electrons. The number of halogens is 2. The van der Waals surface area contributed by atoms with Gasteiger partial charge in [-0.15, -0.1) is 0 Å². The Bertz CT molecular complexity index is 274. The second-order valence-corrected chi connectivity index (χ2v) is 4.92. The number of hydrogen-bond acceptors (Lipinski definition) is 6. The van der Waals surface area contributed by atoms with Gasteiger partial charge >= 0.3 is 0 Å². The molecule has 8 heteroatoms. The van der Waals surface area contributed by atoms with Crippen LogP contribution in [0.3, 0.4) is 0 Å². The topological polar surface area (TPSA) is 96.2 Å². The van der Waals surface area contributed by atoms with Gasteiger partial charge in [0.15, 0.2) is 17.4 Å². The Morgan fingerprint density at radius 2 is 1.30 bits per heavy atom. The SMILES string of the molecule is CC(=O)C(C)O.CC1OC(C)(O)C(C)OC1(C)O.II. The predicted octanol–water partition coefficient (Wildman–Crippen LogP) is 1.95. The van der Waals surface area contributed by atoms with Gasteiger partial charge in [-0.3, -0.25) is 4.79 Å². The molecule has 0 bridgehead atoms. The van der Waals surface area contributed by atoms with Crippen molar-refractivity contribution in [2.75, 3.05) is 0 Å². The molecule has 1 heterocycles. The van der Waals surface area contributed by atoms with Gasteiger partial charge in [0.05, 0.1) is 0 Å². The molecule has 1 aliphatic heterocycles. The average Bonchev–Trinajstić information content (AvgIpc) is 2.29. The smallest absolute Gasteiger partial charge is 0.189 e. The van der Waals surface area contributed by atoms with Crippen molar-refractivity contribution in [1.82, 2.24) is 0 Å². The third-order valence-electron chi connectivity index (χ3n) is 2.93. The summed E-state index contributed by atoms with van der Waals surface area (Å²) < 4.78 is 10.4. The Morgan fingerprint density at radius 1 is 1.10 bits per heavy atom. The molecule has 1 rings (SSSR count). The molecule has 5 unspecified atom stereocenters. The lowest BCUT2D eigenvalue weighted by Crippen LogP contribution is -2.59. The summed E-state index contributed by atoms with van der Waals surface area (Å²) in [5.74, 6) is -2.82. The fourth-order valence-electron chi connectivity index (χ4n) is 1.13. The molecule has 1 saturated heterocycles. The highest BCUT2D eigenvalue weighted by molar-refractivity contribution is 15.0. The van der Waals surface area contributed by atoms with E-state index < -0.39 is 29.9 Å². The third-order valence-corrected chi connectivity index (χ3v) is 2.93. The zero-order valence-corrected chi connectivity index (χ0v) is 16.9. The minimum absolute atomic E-state index is 0.185. The first-order valence-electron chi connectivity index (χ1n) is 6.03. The Labute approximate surface area is 143 Å². The Hall–Kier alpha value is 0.930. The standard InChI is InChI=1S/C8H16O4.C4H8O2.I2/c1-5-7(3,9)12-6(2)8(4,10)11-5;1-3(5)4(2)6;1-2/h5-6,9-10H,1-4H3;3,5H,1-2H3;. The van der Waals surface area contributed by atoms with Crippen LogP contribution in [0.15, 0.2) is 0 Å². The van der Waals surface area contributed by atoms with Crippen molar-refractivity contribution >= 4 is 43.0 Å². The summed E-state index contributed by atoms with van der Waals surface area (Å²) in [6.45, 7) is 9.14. The summed E-state index contributed by atoms with van der Waals surface area (Å²) in [5, 5.41) is 27.5. The summed E-state index contributed by atoms with van der Waals surface area (Å²) >= 11 is 4.24.